The Morgan fingerprint density at radius 2 is 1.56 bits per heavy atom. The van der Waals surface area contributed by atoms with Crippen LogP contribution in [0.3, 0.4) is 0 Å². The summed E-state index contributed by atoms with van der Waals surface area (Å²) in [5.41, 5.74) is 3.37. The van der Waals surface area contributed by atoms with Gasteiger partial charge in [-0.1, -0.05) is 18.2 Å². The molecule has 6 nitrogen and oxygen atoms in total. The molecule has 27 heavy (non-hydrogen) atoms. The van der Waals surface area contributed by atoms with Crippen molar-refractivity contribution in [2.45, 2.75) is 20.3 Å². The number of benzene rings is 1. The van der Waals surface area contributed by atoms with E-state index in [1.54, 1.807) is 4.90 Å². The van der Waals surface area contributed by atoms with Crippen LogP contribution < -0.4 is 4.74 Å². The highest BCUT2D eigenvalue weighted by Gasteiger charge is 2.25. The fourth-order valence-corrected chi connectivity index (χ4v) is 3.35. The molecule has 0 aliphatic carbocycles. The molecule has 0 spiro atoms. The van der Waals surface area contributed by atoms with Crippen LogP contribution in [0.4, 0.5) is 0 Å². The summed E-state index contributed by atoms with van der Waals surface area (Å²) in [6.07, 6.45) is 0.415. The lowest BCUT2D eigenvalue weighted by Gasteiger charge is -2.34. The van der Waals surface area contributed by atoms with Crippen LogP contribution in [0.1, 0.15) is 17.0 Å². The highest BCUT2D eigenvalue weighted by molar-refractivity contribution is 5.80. The van der Waals surface area contributed by atoms with E-state index in [2.05, 4.69) is 10.6 Å². The Morgan fingerprint density at radius 3 is 2.11 bits per heavy atom. The quantitative estimate of drug-likeness (QED) is 0.809. The summed E-state index contributed by atoms with van der Waals surface area (Å²) in [6, 6.07) is 11.4. The molecule has 1 aliphatic heterocycles. The number of amides is 2. The summed E-state index contributed by atoms with van der Waals surface area (Å²) in [6.45, 7) is 6.36. The lowest BCUT2D eigenvalue weighted by Crippen LogP contribution is -2.52. The van der Waals surface area contributed by atoms with Crippen LogP contribution in [-0.2, 0) is 23.1 Å². The van der Waals surface area contributed by atoms with Crippen LogP contribution in [0.25, 0.3) is 0 Å². The molecule has 0 unspecified atom stereocenters. The summed E-state index contributed by atoms with van der Waals surface area (Å²) in [5, 5.41) is 0. The highest BCUT2D eigenvalue weighted by atomic mass is 16.5. The fourth-order valence-electron chi connectivity index (χ4n) is 3.35. The van der Waals surface area contributed by atoms with Crippen LogP contribution in [0.15, 0.2) is 36.4 Å². The second kappa shape index (κ2) is 8.29. The van der Waals surface area contributed by atoms with Gasteiger partial charge in [0.05, 0.1) is 6.42 Å². The monoisotopic (exact) mass is 369 g/mol. The van der Waals surface area contributed by atoms with Crippen LogP contribution in [0, 0.1) is 13.8 Å². The van der Waals surface area contributed by atoms with E-state index in [0.717, 1.165) is 17.0 Å². The minimum atomic E-state index is -0.0412. The molecule has 1 saturated heterocycles. The van der Waals surface area contributed by atoms with E-state index in [9.17, 15) is 9.59 Å². The molecule has 1 fully saturated rings. The average Bonchev–Trinajstić information content (AvgIpc) is 2.93. The molecule has 1 aliphatic rings. The molecule has 0 atom stereocenters. The number of hydrogen-bond donors (Lipinski definition) is 0. The van der Waals surface area contributed by atoms with Crippen molar-refractivity contribution in [3.63, 3.8) is 0 Å². The maximum atomic E-state index is 12.6. The summed E-state index contributed by atoms with van der Waals surface area (Å²) in [5.74, 6) is 0.769. The minimum Gasteiger partial charge on any atom is -0.484 e. The van der Waals surface area contributed by atoms with Gasteiger partial charge in [-0.3, -0.25) is 9.59 Å². The van der Waals surface area contributed by atoms with E-state index < -0.39 is 0 Å². The molecule has 3 rings (SSSR count). The predicted molar refractivity (Wildman–Crippen MR) is 104 cm³/mol. The van der Waals surface area contributed by atoms with E-state index in [4.69, 9.17) is 4.74 Å². The van der Waals surface area contributed by atoms with Gasteiger partial charge in [0.1, 0.15) is 5.75 Å². The van der Waals surface area contributed by atoms with Gasteiger partial charge in [0.25, 0.3) is 5.91 Å². The molecule has 1 aromatic heterocycles. The second-order valence-corrected chi connectivity index (χ2v) is 7.00. The third-order valence-corrected chi connectivity index (χ3v) is 5.31. The van der Waals surface area contributed by atoms with Gasteiger partial charge in [-0.25, -0.2) is 0 Å². The van der Waals surface area contributed by atoms with Gasteiger partial charge in [-0.05, 0) is 37.6 Å². The number of aromatic nitrogens is 1. The molecule has 2 aromatic rings. The maximum absolute atomic E-state index is 12.6. The number of ether oxygens (including phenoxy) is 1. The minimum absolute atomic E-state index is 0.0282. The molecule has 2 heterocycles. The van der Waals surface area contributed by atoms with Crippen molar-refractivity contribution in [3.05, 3.63) is 53.3 Å². The van der Waals surface area contributed by atoms with Gasteiger partial charge in [0, 0.05) is 44.6 Å². The lowest BCUT2D eigenvalue weighted by atomic mass is 10.1. The molecule has 0 bridgehead atoms. The topological polar surface area (TPSA) is 54.8 Å². The Hall–Kier alpha value is -2.76. The van der Waals surface area contributed by atoms with Crippen molar-refractivity contribution in [3.8, 4) is 5.75 Å². The number of aryl methyl sites for hydroxylation is 1. The highest BCUT2D eigenvalue weighted by Crippen LogP contribution is 2.16. The number of carbonyl (C=O) groups is 2. The Morgan fingerprint density at radius 1 is 0.963 bits per heavy atom. The fraction of sp³-hybridized carbons (Fsp3) is 0.429. The molecule has 6 heteroatoms. The molecule has 0 N–H and O–H groups in total. The second-order valence-electron chi connectivity index (χ2n) is 7.00. The van der Waals surface area contributed by atoms with Crippen molar-refractivity contribution in [1.29, 1.82) is 0 Å². The molecule has 0 saturated carbocycles. The third-order valence-electron chi connectivity index (χ3n) is 5.31. The van der Waals surface area contributed by atoms with Gasteiger partial charge < -0.3 is 19.1 Å². The maximum Gasteiger partial charge on any atom is 0.260 e. The van der Waals surface area contributed by atoms with Gasteiger partial charge in [0.15, 0.2) is 6.61 Å². The van der Waals surface area contributed by atoms with E-state index in [1.165, 1.54) is 0 Å². The zero-order valence-corrected chi connectivity index (χ0v) is 16.3. The largest absolute Gasteiger partial charge is 0.484 e. The first-order valence-electron chi connectivity index (χ1n) is 9.31. The lowest BCUT2D eigenvalue weighted by molar-refractivity contribution is -0.140. The van der Waals surface area contributed by atoms with Crippen molar-refractivity contribution >= 4 is 11.8 Å². The zero-order valence-electron chi connectivity index (χ0n) is 16.3. The number of nitrogens with zero attached hydrogens (tertiary/aromatic N) is 3. The first kappa shape index (κ1) is 19.0. The van der Waals surface area contributed by atoms with Crippen LogP contribution >= 0.6 is 0 Å². The predicted octanol–water partition coefficient (Wildman–Crippen LogP) is 1.93. The molecular weight excluding hydrogens is 342 g/mol. The summed E-state index contributed by atoms with van der Waals surface area (Å²) < 4.78 is 7.63. The smallest absolute Gasteiger partial charge is 0.260 e. The first-order valence-corrected chi connectivity index (χ1v) is 9.31. The van der Waals surface area contributed by atoms with Crippen LogP contribution in [-0.4, -0.2) is 59.0 Å². The third kappa shape index (κ3) is 4.51. The van der Waals surface area contributed by atoms with Crippen LogP contribution in [0.2, 0.25) is 0 Å². The SMILES string of the molecule is Cc1cc(CC(=O)N2CCN(C(=O)COc3ccccc3)CC2)c(C)n1C. The van der Waals surface area contributed by atoms with E-state index in [0.29, 0.717) is 38.3 Å². The number of hydrogen-bond acceptors (Lipinski definition) is 3. The average molecular weight is 369 g/mol. The Bertz CT molecular complexity index is 806. The molecular formula is C21H27N3O3. The summed E-state index contributed by atoms with van der Waals surface area (Å²) in [4.78, 5) is 28.6. The number of para-hydroxylation sites is 1. The van der Waals surface area contributed by atoms with Crippen molar-refractivity contribution < 1.29 is 14.3 Å². The summed E-state index contributed by atoms with van der Waals surface area (Å²) in [7, 11) is 2.01. The first-order chi connectivity index (χ1) is 13.0. The van der Waals surface area contributed by atoms with E-state index >= 15 is 0 Å². The van der Waals surface area contributed by atoms with Gasteiger partial charge in [-0.15, -0.1) is 0 Å². The van der Waals surface area contributed by atoms with Crippen molar-refractivity contribution in [2.75, 3.05) is 32.8 Å². The number of rotatable bonds is 5. The molecule has 2 amide bonds. The van der Waals surface area contributed by atoms with Crippen molar-refractivity contribution in [1.82, 2.24) is 14.4 Å². The van der Waals surface area contributed by atoms with Crippen LogP contribution in [0.5, 0.6) is 5.75 Å². The van der Waals surface area contributed by atoms with E-state index in [1.807, 2.05) is 56.1 Å². The number of carbonyl (C=O) groups excluding carboxylic acids is 2. The zero-order chi connectivity index (χ0) is 19.4. The Balaban J connectivity index is 1.47. The Kier molecular flexibility index (Phi) is 5.84. The standard InChI is InChI=1S/C21H27N3O3/c1-16-13-18(17(2)22(16)3)14-20(25)23-9-11-24(12-10-23)21(26)15-27-19-7-5-4-6-8-19/h4-8,13H,9-12,14-15H2,1-3H3. The Labute approximate surface area is 160 Å². The molecule has 0 radical (unpaired) electrons. The summed E-state index contributed by atoms with van der Waals surface area (Å²) >= 11 is 0. The van der Waals surface area contributed by atoms with Crippen molar-refractivity contribution in [2.24, 2.45) is 7.05 Å². The van der Waals surface area contributed by atoms with Gasteiger partial charge >= 0.3 is 0 Å². The normalized spacial score (nSPS) is 14.3. The van der Waals surface area contributed by atoms with E-state index in [-0.39, 0.29) is 18.4 Å². The molecule has 1 aromatic carbocycles. The number of piperazine rings is 1. The molecule has 144 valence electrons. The van der Waals surface area contributed by atoms with Gasteiger partial charge in [0.2, 0.25) is 5.91 Å². The van der Waals surface area contributed by atoms with Gasteiger partial charge in [-0.2, -0.15) is 0 Å².